The van der Waals surface area contributed by atoms with Crippen LogP contribution in [-0.4, -0.2) is 47.2 Å². The van der Waals surface area contributed by atoms with Gasteiger partial charge in [0, 0.05) is 26.8 Å². The van der Waals surface area contributed by atoms with Crippen LogP contribution < -0.4 is 0 Å². The molecule has 3 fully saturated rings. The Morgan fingerprint density at radius 2 is 1.54 bits per heavy atom. The Kier molecular flexibility index (Phi) is 6.57. The van der Waals surface area contributed by atoms with Crippen molar-refractivity contribution in [2.24, 2.45) is 23.7 Å². The van der Waals surface area contributed by atoms with E-state index in [1.54, 1.807) is 0 Å². The number of rotatable bonds is 6. The molecule has 2 bridgehead atoms. The van der Waals surface area contributed by atoms with Crippen LogP contribution in [0.2, 0.25) is 5.02 Å². The van der Waals surface area contributed by atoms with Crippen LogP contribution in [0.1, 0.15) is 22.3 Å². The van der Waals surface area contributed by atoms with Crippen LogP contribution in [0.25, 0.3) is 0 Å². The summed E-state index contributed by atoms with van der Waals surface area (Å²) < 4.78 is 0. The van der Waals surface area contributed by atoms with E-state index in [-0.39, 0.29) is 37.6 Å². The molecule has 14 heteroatoms. The van der Waals surface area contributed by atoms with Gasteiger partial charge < -0.3 is 0 Å². The Morgan fingerprint density at radius 3 is 2.11 bits per heavy atom. The fourth-order valence-electron chi connectivity index (χ4n) is 5.76. The van der Waals surface area contributed by atoms with Gasteiger partial charge in [-0.1, -0.05) is 55.6 Å². The number of nitro benzene ring substituents is 2. The summed E-state index contributed by atoms with van der Waals surface area (Å²) in [6.45, 7) is -0.555. The summed E-state index contributed by atoms with van der Waals surface area (Å²) in [6, 6.07) is 8.92. The zero-order chi connectivity index (χ0) is 26.8. The summed E-state index contributed by atoms with van der Waals surface area (Å²) in [7, 11) is 0. The largest absolute Gasteiger partial charge is 0.282 e. The minimum absolute atomic E-state index is 0.00120. The highest BCUT2D eigenvalue weighted by Gasteiger charge is 2.67. The van der Waals surface area contributed by atoms with Gasteiger partial charge in [-0.25, -0.2) is 5.01 Å². The molecule has 3 aliphatic rings. The summed E-state index contributed by atoms with van der Waals surface area (Å²) in [6.07, 6.45) is 0.660. The molecule has 11 nitrogen and oxygen atoms in total. The van der Waals surface area contributed by atoms with Gasteiger partial charge in [-0.3, -0.25) is 34.6 Å². The maximum absolute atomic E-state index is 13.8. The molecule has 192 valence electrons. The van der Waals surface area contributed by atoms with Crippen LogP contribution in [-0.2, 0) is 16.1 Å². The number of nitrogens with zero attached hydrogens (tertiary/aromatic N) is 4. The monoisotopic (exact) mass is 654 g/mol. The van der Waals surface area contributed by atoms with Crippen molar-refractivity contribution in [3.05, 3.63) is 78.8 Å². The number of halogens is 3. The molecule has 0 aromatic heterocycles. The molecule has 3 amide bonds. The maximum atomic E-state index is 13.8. The Bertz CT molecular complexity index is 1340. The molecule has 0 radical (unpaired) electrons. The minimum Gasteiger partial charge on any atom is -0.272 e. The molecule has 0 N–H and O–H groups in total. The van der Waals surface area contributed by atoms with Gasteiger partial charge in [0.2, 0.25) is 0 Å². The SMILES string of the molecule is O=C(c1ccccc1[N+](=O)[O-])N(Cc1ccc(Cl)cc1[N+](=O)[O-])N1C(=O)[C@@H]2[C@H]3C[C@@H]([C@H](Br)[C@@H]3Br)[C@@H]2C1=O. The standard InChI is InChI=1S/C23H17Br2ClN4O7/c24-19-13-8-14(20(19)25)18-17(13)22(32)28(23(18)33)27(9-10-5-6-11(26)7-16(10)30(36)37)21(31)12-3-1-2-4-15(12)29(34)35/h1-7,13-14,17-20H,8-9H2/t13-,14-,17-,18+,19-,20+/m1/s1. The van der Waals surface area contributed by atoms with Crippen molar-refractivity contribution in [1.82, 2.24) is 10.0 Å². The number of imide groups is 1. The molecule has 2 aromatic carbocycles. The Balaban J connectivity index is 1.61. The third-order valence-electron chi connectivity index (χ3n) is 7.33. The van der Waals surface area contributed by atoms with Crippen molar-refractivity contribution in [2.75, 3.05) is 0 Å². The maximum Gasteiger partial charge on any atom is 0.282 e. The van der Waals surface area contributed by atoms with Crippen LogP contribution in [0, 0.1) is 43.9 Å². The highest BCUT2D eigenvalue weighted by molar-refractivity contribution is 9.12. The Hall–Kier alpha value is -2.90. The van der Waals surface area contributed by atoms with Crippen LogP contribution in [0.4, 0.5) is 11.4 Å². The van der Waals surface area contributed by atoms with E-state index in [9.17, 15) is 34.6 Å². The van der Waals surface area contributed by atoms with Crippen molar-refractivity contribution in [2.45, 2.75) is 22.6 Å². The average molecular weight is 657 g/mol. The quantitative estimate of drug-likeness (QED) is 0.193. The molecule has 0 spiro atoms. The predicted octanol–water partition coefficient (Wildman–Crippen LogP) is 4.49. The topological polar surface area (TPSA) is 144 Å². The van der Waals surface area contributed by atoms with Gasteiger partial charge in [-0.15, -0.1) is 0 Å². The van der Waals surface area contributed by atoms with E-state index in [0.29, 0.717) is 6.42 Å². The second kappa shape index (κ2) is 9.44. The van der Waals surface area contributed by atoms with Gasteiger partial charge in [-0.2, -0.15) is 5.01 Å². The Labute approximate surface area is 231 Å². The number of fused-ring (bicyclic) bond motifs is 5. The first-order valence-electron chi connectivity index (χ1n) is 11.2. The van der Waals surface area contributed by atoms with Crippen LogP contribution in [0.15, 0.2) is 42.5 Å². The van der Waals surface area contributed by atoms with Gasteiger partial charge >= 0.3 is 0 Å². The summed E-state index contributed by atoms with van der Waals surface area (Å²) >= 11 is 13.1. The molecule has 2 aromatic rings. The molecule has 37 heavy (non-hydrogen) atoms. The first-order chi connectivity index (χ1) is 17.5. The van der Waals surface area contributed by atoms with Crippen molar-refractivity contribution in [3.8, 4) is 0 Å². The van der Waals surface area contributed by atoms with Crippen molar-refractivity contribution < 1.29 is 24.2 Å². The molecule has 1 aliphatic heterocycles. The summed E-state index contributed by atoms with van der Waals surface area (Å²) in [4.78, 5) is 63.0. The van der Waals surface area contributed by atoms with Crippen LogP contribution in [0.3, 0.4) is 0 Å². The normalized spacial score (nSPS) is 27.9. The molecular formula is C23H17Br2ClN4O7. The second-order valence-corrected chi connectivity index (χ2v) is 11.7. The number of carbonyl (C=O) groups is 3. The van der Waals surface area contributed by atoms with Gasteiger partial charge in [0.1, 0.15) is 5.56 Å². The Morgan fingerprint density at radius 1 is 0.973 bits per heavy atom. The molecule has 5 rings (SSSR count). The van der Waals surface area contributed by atoms with E-state index in [1.807, 2.05) is 0 Å². The van der Waals surface area contributed by atoms with Gasteiger partial charge in [0.05, 0.1) is 33.8 Å². The highest BCUT2D eigenvalue weighted by atomic mass is 79.9. The summed E-state index contributed by atoms with van der Waals surface area (Å²) in [5.74, 6) is -3.84. The fourth-order valence-corrected chi connectivity index (χ4v) is 7.80. The van der Waals surface area contributed by atoms with E-state index in [0.717, 1.165) is 22.2 Å². The van der Waals surface area contributed by atoms with Crippen molar-refractivity contribution >= 4 is 72.6 Å². The lowest BCUT2D eigenvalue weighted by atomic mass is 9.81. The van der Waals surface area contributed by atoms with Crippen molar-refractivity contribution in [1.29, 1.82) is 0 Å². The molecule has 1 saturated heterocycles. The van der Waals surface area contributed by atoms with E-state index < -0.39 is 57.3 Å². The number of benzene rings is 2. The van der Waals surface area contributed by atoms with Gasteiger partial charge in [0.25, 0.3) is 29.1 Å². The molecule has 0 unspecified atom stereocenters. The molecule has 6 atom stereocenters. The first kappa shape index (κ1) is 25.7. The number of nitro groups is 2. The highest BCUT2D eigenvalue weighted by Crippen LogP contribution is 2.60. The number of hydrogen-bond donors (Lipinski definition) is 0. The number of hydrogen-bond acceptors (Lipinski definition) is 7. The lowest BCUT2D eigenvalue weighted by Crippen LogP contribution is -2.50. The van der Waals surface area contributed by atoms with Crippen molar-refractivity contribution in [3.63, 3.8) is 0 Å². The smallest absolute Gasteiger partial charge is 0.272 e. The molecule has 2 aliphatic carbocycles. The lowest BCUT2D eigenvalue weighted by Gasteiger charge is -2.31. The van der Waals surface area contributed by atoms with E-state index in [4.69, 9.17) is 11.6 Å². The van der Waals surface area contributed by atoms with E-state index in [1.165, 1.54) is 30.3 Å². The minimum atomic E-state index is -1.00. The second-order valence-electron chi connectivity index (χ2n) is 9.16. The van der Waals surface area contributed by atoms with Gasteiger partial charge in [0.15, 0.2) is 0 Å². The predicted molar refractivity (Wildman–Crippen MR) is 137 cm³/mol. The van der Waals surface area contributed by atoms with Crippen LogP contribution in [0.5, 0.6) is 0 Å². The third kappa shape index (κ3) is 4.03. The van der Waals surface area contributed by atoms with E-state index >= 15 is 0 Å². The average Bonchev–Trinajstić information content (AvgIpc) is 3.47. The zero-order valence-corrected chi connectivity index (χ0v) is 22.6. The van der Waals surface area contributed by atoms with Gasteiger partial charge in [-0.05, 0) is 36.5 Å². The summed E-state index contributed by atoms with van der Waals surface area (Å²) in [5.41, 5.74) is -1.31. The fraction of sp³-hybridized carbons (Fsp3) is 0.348. The number of para-hydroxylation sites is 1. The number of alkyl halides is 2. The first-order valence-corrected chi connectivity index (χ1v) is 13.4. The third-order valence-corrected chi connectivity index (χ3v) is 10.8. The molecule has 1 heterocycles. The summed E-state index contributed by atoms with van der Waals surface area (Å²) in [5, 5.41) is 24.9. The number of hydrazine groups is 1. The van der Waals surface area contributed by atoms with E-state index in [2.05, 4.69) is 31.9 Å². The molecule has 2 saturated carbocycles. The lowest BCUT2D eigenvalue weighted by molar-refractivity contribution is -0.385. The number of amides is 3. The molecular weight excluding hydrogens is 640 g/mol. The zero-order valence-electron chi connectivity index (χ0n) is 18.7. The number of carbonyl (C=O) groups excluding carboxylic acids is 3. The van der Waals surface area contributed by atoms with Crippen LogP contribution >= 0.6 is 43.5 Å².